The number of methoxy groups -OCH3 is 1. The molecule has 1 aromatic heterocycles. The van der Waals surface area contributed by atoms with Gasteiger partial charge in [0.1, 0.15) is 5.56 Å². The number of aromatic nitrogens is 1. The maximum Gasteiger partial charge on any atom is 0.259 e. The molecule has 2 fully saturated rings. The maximum atomic E-state index is 12.9. The molecule has 1 saturated carbocycles. The van der Waals surface area contributed by atoms with Gasteiger partial charge in [0.25, 0.3) is 5.91 Å². The minimum Gasteiger partial charge on any atom is -0.393 e. The van der Waals surface area contributed by atoms with Crippen molar-refractivity contribution in [2.45, 2.75) is 50.4 Å². The summed E-state index contributed by atoms with van der Waals surface area (Å²) < 4.78 is 7.53. The number of rotatable bonds is 2. The Kier molecular flexibility index (Phi) is 4.06. The van der Waals surface area contributed by atoms with E-state index in [0.717, 1.165) is 18.5 Å². The van der Waals surface area contributed by atoms with Crippen molar-refractivity contribution in [1.29, 1.82) is 0 Å². The highest BCUT2D eigenvalue weighted by molar-refractivity contribution is 5.94. The molecule has 2 heterocycles. The fourth-order valence-electron chi connectivity index (χ4n) is 3.96. The summed E-state index contributed by atoms with van der Waals surface area (Å²) in [6.07, 6.45) is 3.87. The average molecular weight is 320 g/mol. The average Bonchev–Trinajstić information content (AvgIpc) is 2.89. The number of likely N-dealkylation sites (tertiary alicyclic amines) is 1. The van der Waals surface area contributed by atoms with E-state index >= 15 is 0 Å². The number of aryl methyl sites for hydroxylation is 2. The fraction of sp³-hybridized carbons (Fsp3) is 0.647. The van der Waals surface area contributed by atoms with Crippen LogP contribution in [0, 0.1) is 6.92 Å². The van der Waals surface area contributed by atoms with Crippen molar-refractivity contribution in [1.82, 2.24) is 9.47 Å². The zero-order valence-electron chi connectivity index (χ0n) is 13.9. The van der Waals surface area contributed by atoms with E-state index in [2.05, 4.69) is 0 Å². The van der Waals surface area contributed by atoms with Crippen molar-refractivity contribution in [3.63, 3.8) is 0 Å². The van der Waals surface area contributed by atoms with E-state index in [4.69, 9.17) is 4.74 Å². The van der Waals surface area contributed by atoms with E-state index in [0.29, 0.717) is 19.4 Å². The molecule has 1 aliphatic carbocycles. The number of ether oxygens (including phenoxy) is 1. The van der Waals surface area contributed by atoms with E-state index < -0.39 is 6.10 Å². The SMILES string of the molecule is CO[C@@]12CC[C@H](O)C[C@@H]1N(C(=O)c1cn(C)c(C)cc1=O)CC2. The number of amides is 1. The number of aliphatic hydroxyl groups is 1. The zero-order chi connectivity index (χ0) is 16.8. The lowest BCUT2D eigenvalue weighted by molar-refractivity contribution is -0.0824. The van der Waals surface area contributed by atoms with Crippen molar-refractivity contribution < 1.29 is 14.6 Å². The molecule has 1 aromatic rings. The van der Waals surface area contributed by atoms with Crippen LogP contribution in [0.2, 0.25) is 0 Å². The first-order valence-electron chi connectivity index (χ1n) is 8.09. The van der Waals surface area contributed by atoms with E-state index in [9.17, 15) is 14.7 Å². The Morgan fingerprint density at radius 1 is 1.43 bits per heavy atom. The quantitative estimate of drug-likeness (QED) is 0.876. The minimum absolute atomic E-state index is 0.172. The maximum absolute atomic E-state index is 12.9. The molecule has 1 saturated heterocycles. The van der Waals surface area contributed by atoms with Gasteiger partial charge in [-0.05, 0) is 32.6 Å². The smallest absolute Gasteiger partial charge is 0.259 e. The lowest BCUT2D eigenvalue weighted by atomic mass is 9.79. The van der Waals surface area contributed by atoms with Gasteiger partial charge in [0.2, 0.25) is 0 Å². The largest absolute Gasteiger partial charge is 0.393 e. The van der Waals surface area contributed by atoms with Gasteiger partial charge in [0, 0.05) is 38.7 Å². The van der Waals surface area contributed by atoms with E-state index in [1.807, 2.05) is 14.0 Å². The number of aliphatic hydroxyl groups excluding tert-OH is 1. The van der Waals surface area contributed by atoms with Crippen LogP contribution in [-0.4, -0.2) is 51.9 Å². The summed E-state index contributed by atoms with van der Waals surface area (Å²) in [7, 11) is 3.49. The Balaban J connectivity index is 1.94. The van der Waals surface area contributed by atoms with Crippen molar-refractivity contribution in [3.8, 4) is 0 Å². The molecular formula is C17H24N2O4. The first-order chi connectivity index (χ1) is 10.9. The summed E-state index contributed by atoms with van der Waals surface area (Å²) in [5, 5.41) is 10.0. The third-order valence-corrected chi connectivity index (χ3v) is 5.54. The molecule has 6 nitrogen and oxygen atoms in total. The predicted molar refractivity (Wildman–Crippen MR) is 85.5 cm³/mol. The van der Waals surface area contributed by atoms with E-state index in [1.165, 1.54) is 6.07 Å². The van der Waals surface area contributed by atoms with E-state index in [1.54, 1.807) is 22.8 Å². The van der Waals surface area contributed by atoms with Crippen LogP contribution in [0.3, 0.4) is 0 Å². The topological polar surface area (TPSA) is 71.8 Å². The van der Waals surface area contributed by atoms with Crippen LogP contribution >= 0.6 is 0 Å². The molecule has 0 spiro atoms. The Hall–Kier alpha value is -1.66. The highest BCUT2D eigenvalue weighted by atomic mass is 16.5. The monoisotopic (exact) mass is 320 g/mol. The second-order valence-electron chi connectivity index (χ2n) is 6.77. The Morgan fingerprint density at radius 3 is 2.87 bits per heavy atom. The highest BCUT2D eigenvalue weighted by Gasteiger charge is 2.52. The van der Waals surface area contributed by atoms with Gasteiger partial charge in [-0.25, -0.2) is 0 Å². The number of carbonyl (C=O) groups excluding carboxylic acids is 1. The summed E-state index contributed by atoms with van der Waals surface area (Å²) in [5.41, 5.74) is 0.361. The summed E-state index contributed by atoms with van der Waals surface area (Å²) >= 11 is 0. The number of fused-ring (bicyclic) bond motifs is 1. The van der Waals surface area contributed by atoms with Gasteiger partial charge in [-0.2, -0.15) is 0 Å². The fourth-order valence-corrected chi connectivity index (χ4v) is 3.96. The Bertz CT molecular complexity index is 684. The number of nitrogens with zero attached hydrogens (tertiary/aromatic N) is 2. The third-order valence-electron chi connectivity index (χ3n) is 5.54. The normalized spacial score (nSPS) is 30.3. The van der Waals surface area contributed by atoms with Crippen LogP contribution in [0.15, 0.2) is 17.1 Å². The van der Waals surface area contributed by atoms with Gasteiger partial charge in [-0.1, -0.05) is 0 Å². The summed E-state index contributed by atoms with van der Waals surface area (Å²) in [6, 6.07) is 1.32. The molecule has 1 aliphatic heterocycles. The lowest BCUT2D eigenvalue weighted by Crippen LogP contribution is -2.53. The van der Waals surface area contributed by atoms with Crippen LogP contribution in [0.5, 0.6) is 0 Å². The second-order valence-corrected chi connectivity index (χ2v) is 6.77. The second kappa shape index (κ2) is 5.76. The van der Waals surface area contributed by atoms with Crippen molar-refractivity contribution in [2.24, 2.45) is 7.05 Å². The molecule has 23 heavy (non-hydrogen) atoms. The molecule has 2 aliphatic rings. The van der Waals surface area contributed by atoms with Crippen molar-refractivity contribution in [3.05, 3.63) is 33.7 Å². The molecule has 0 unspecified atom stereocenters. The molecule has 6 heteroatoms. The first kappa shape index (κ1) is 16.2. The third kappa shape index (κ3) is 2.60. The number of pyridine rings is 1. The molecule has 1 N–H and O–H groups in total. The van der Waals surface area contributed by atoms with Gasteiger partial charge in [-0.3, -0.25) is 9.59 Å². The van der Waals surface area contributed by atoms with E-state index in [-0.39, 0.29) is 28.5 Å². The number of hydrogen-bond donors (Lipinski definition) is 1. The zero-order valence-corrected chi connectivity index (χ0v) is 13.9. The van der Waals surface area contributed by atoms with Crippen LogP contribution in [0.25, 0.3) is 0 Å². The summed E-state index contributed by atoms with van der Waals surface area (Å²) in [5.74, 6) is -0.261. The minimum atomic E-state index is -0.419. The van der Waals surface area contributed by atoms with Crippen LogP contribution in [-0.2, 0) is 11.8 Å². The van der Waals surface area contributed by atoms with Gasteiger partial charge < -0.3 is 19.3 Å². The molecule has 1 amide bonds. The standard InChI is InChI=1S/C17H24N2O4/c1-11-8-14(21)13(10-18(11)2)16(22)19-7-6-17(23-3)5-4-12(20)9-15(17)19/h8,10,12,15,20H,4-7,9H2,1-3H3/t12-,15-,17+/m0/s1. The van der Waals surface area contributed by atoms with Crippen LogP contribution in [0.1, 0.15) is 41.7 Å². The Morgan fingerprint density at radius 2 is 2.17 bits per heavy atom. The first-order valence-corrected chi connectivity index (χ1v) is 8.09. The molecular weight excluding hydrogens is 296 g/mol. The van der Waals surface area contributed by atoms with Gasteiger partial charge in [-0.15, -0.1) is 0 Å². The Labute approximate surface area is 135 Å². The molecule has 0 bridgehead atoms. The van der Waals surface area contributed by atoms with Crippen LogP contribution in [0.4, 0.5) is 0 Å². The van der Waals surface area contributed by atoms with Gasteiger partial charge in [0.05, 0.1) is 17.7 Å². The molecule has 0 radical (unpaired) electrons. The summed E-state index contributed by atoms with van der Waals surface area (Å²) in [6.45, 7) is 2.39. The summed E-state index contributed by atoms with van der Waals surface area (Å²) in [4.78, 5) is 26.9. The molecule has 3 atom stereocenters. The lowest BCUT2D eigenvalue weighted by Gasteiger charge is -2.42. The predicted octanol–water partition coefficient (Wildman–Crippen LogP) is 0.838. The molecule has 0 aromatic carbocycles. The van der Waals surface area contributed by atoms with Crippen molar-refractivity contribution >= 4 is 5.91 Å². The molecule has 126 valence electrons. The van der Waals surface area contributed by atoms with Gasteiger partial charge >= 0.3 is 0 Å². The number of carbonyl (C=O) groups is 1. The van der Waals surface area contributed by atoms with Crippen LogP contribution < -0.4 is 5.43 Å². The number of hydrogen-bond acceptors (Lipinski definition) is 4. The van der Waals surface area contributed by atoms with Crippen molar-refractivity contribution in [2.75, 3.05) is 13.7 Å². The molecule has 3 rings (SSSR count). The highest BCUT2D eigenvalue weighted by Crippen LogP contribution is 2.42. The van der Waals surface area contributed by atoms with Gasteiger partial charge in [0.15, 0.2) is 5.43 Å².